The Balaban J connectivity index is 2.26. The Kier molecular flexibility index (Phi) is 4.49. The number of para-hydroxylation sites is 1. The van der Waals surface area contributed by atoms with Gasteiger partial charge in [-0.05, 0) is 44.0 Å². The molecule has 0 aliphatic rings. The second kappa shape index (κ2) is 6.12. The highest BCUT2D eigenvalue weighted by molar-refractivity contribution is 9.11. The number of carbonyl (C=O) groups is 1. The molecule has 19 heavy (non-hydrogen) atoms. The van der Waals surface area contributed by atoms with Crippen LogP contribution in [0.15, 0.2) is 39.7 Å². The van der Waals surface area contributed by atoms with E-state index in [4.69, 9.17) is 0 Å². The smallest absolute Gasteiger partial charge is 0.258 e. The molecule has 1 aromatic heterocycles. The molecule has 2 aromatic rings. The van der Waals surface area contributed by atoms with Gasteiger partial charge in [0.05, 0.1) is 11.8 Å². The molecule has 0 saturated carbocycles. The Labute approximate surface area is 127 Å². The minimum atomic E-state index is -0.248. The van der Waals surface area contributed by atoms with Crippen LogP contribution in [0, 0.1) is 0 Å². The predicted octanol–water partition coefficient (Wildman–Crippen LogP) is 3.30. The number of hydrogen-bond donors (Lipinski definition) is 2. The van der Waals surface area contributed by atoms with E-state index in [2.05, 4.69) is 52.5 Å². The number of aromatic nitrogens is 2. The highest BCUT2D eigenvalue weighted by Crippen LogP contribution is 2.21. The number of anilines is 2. The molecule has 2 rings (SSSR count). The second-order valence-corrected chi connectivity index (χ2v) is 5.15. The molecule has 0 aliphatic carbocycles. The molecule has 0 spiro atoms. The summed E-state index contributed by atoms with van der Waals surface area (Å²) in [5, 5.41) is 5.68. The first-order valence-electron chi connectivity index (χ1n) is 5.38. The first-order valence-corrected chi connectivity index (χ1v) is 6.96. The topological polar surface area (TPSA) is 66.9 Å². The summed E-state index contributed by atoms with van der Waals surface area (Å²) < 4.78 is 1.06. The number of rotatable bonds is 3. The van der Waals surface area contributed by atoms with Crippen LogP contribution in [-0.2, 0) is 0 Å². The molecule has 0 atom stereocenters. The van der Waals surface area contributed by atoms with Crippen molar-refractivity contribution >= 4 is 49.3 Å². The van der Waals surface area contributed by atoms with Crippen LogP contribution in [0.2, 0.25) is 0 Å². The summed E-state index contributed by atoms with van der Waals surface area (Å²) in [6.07, 6.45) is 1.52. The van der Waals surface area contributed by atoms with Crippen molar-refractivity contribution < 1.29 is 4.79 Å². The zero-order valence-corrected chi connectivity index (χ0v) is 13.1. The minimum Gasteiger partial charge on any atom is -0.387 e. The zero-order chi connectivity index (χ0) is 13.8. The number of amides is 1. The van der Waals surface area contributed by atoms with Gasteiger partial charge in [-0.2, -0.15) is 0 Å². The molecule has 7 heteroatoms. The zero-order valence-electron chi connectivity index (χ0n) is 9.95. The van der Waals surface area contributed by atoms with Gasteiger partial charge in [-0.15, -0.1) is 0 Å². The lowest BCUT2D eigenvalue weighted by Gasteiger charge is -2.09. The first-order chi connectivity index (χ1) is 9.11. The molecule has 0 radical (unpaired) electrons. The van der Waals surface area contributed by atoms with Gasteiger partial charge >= 0.3 is 0 Å². The van der Waals surface area contributed by atoms with E-state index in [0.717, 1.165) is 5.69 Å². The molecule has 0 bridgehead atoms. The van der Waals surface area contributed by atoms with Crippen LogP contribution in [0.4, 0.5) is 11.5 Å². The molecular weight excluding hydrogens is 376 g/mol. The molecule has 98 valence electrons. The monoisotopic (exact) mass is 384 g/mol. The molecule has 1 aromatic carbocycles. The van der Waals surface area contributed by atoms with Gasteiger partial charge in [0.2, 0.25) is 0 Å². The fourth-order valence-corrected chi connectivity index (χ4v) is 2.41. The Morgan fingerprint density at radius 1 is 1.26 bits per heavy atom. The molecule has 0 aliphatic heterocycles. The number of carbonyl (C=O) groups excluding carboxylic acids is 1. The maximum atomic E-state index is 12.2. The summed E-state index contributed by atoms with van der Waals surface area (Å²) in [6, 6.07) is 7.23. The van der Waals surface area contributed by atoms with E-state index >= 15 is 0 Å². The average Bonchev–Trinajstić information content (AvgIpc) is 2.41. The lowest BCUT2D eigenvalue weighted by molar-refractivity contribution is 0.102. The van der Waals surface area contributed by atoms with Gasteiger partial charge in [0.1, 0.15) is 9.21 Å². The quantitative estimate of drug-likeness (QED) is 0.850. The number of hydrogen-bond acceptors (Lipinski definition) is 4. The number of benzene rings is 1. The van der Waals surface area contributed by atoms with Crippen LogP contribution in [0.25, 0.3) is 0 Å². The third-order valence-corrected chi connectivity index (χ3v) is 3.31. The van der Waals surface area contributed by atoms with Crippen molar-refractivity contribution in [2.45, 2.75) is 0 Å². The normalized spacial score (nSPS) is 10.1. The van der Waals surface area contributed by atoms with E-state index in [9.17, 15) is 4.79 Å². The largest absolute Gasteiger partial charge is 0.387 e. The van der Waals surface area contributed by atoms with Crippen molar-refractivity contribution in [3.8, 4) is 0 Å². The fourth-order valence-electron chi connectivity index (χ4n) is 1.50. The first kappa shape index (κ1) is 14.0. The van der Waals surface area contributed by atoms with Gasteiger partial charge in [-0.25, -0.2) is 9.97 Å². The summed E-state index contributed by atoms with van der Waals surface area (Å²) in [5.74, 6) is 0.126. The second-order valence-electron chi connectivity index (χ2n) is 3.58. The Morgan fingerprint density at radius 3 is 2.68 bits per heavy atom. The third-order valence-electron chi connectivity index (χ3n) is 2.37. The lowest BCUT2D eigenvalue weighted by atomic mass is 10.1. The van der Waals surface area contributed by atoms with Gasteiger partial charge in [-0.1, -0.05) is 12.1 Å². The van der Waals surface area contributed by atoms with Crippen molar-refractivity contribution in [3.05, 3.63) is 45.2 Å². The Hall–Kier alpha value is -1.47. The van der Waals surface area contributed by atoms with E-state index in [-0.39, 0.29) is 5.91 Å². The van der Waals surface area contributed by atoms with Crippen molar-refractivity contribution in [3.63, 3.8) is 0 Å². The highest BCUT2D eigenvalue weighted by Gasteiger charge is 2.13. The number of nitrogens with one attached hydrogen (secondary N) is 2. The maximum Gasteiger partial charge on any atom is 0.258 e. The molecule has 5 nitrogen and oxygen atoms in total. The maximum absolute atomic E-state index is 12.2. The molecule has 2 N–H and O–H groups in total. The van der Waals surface area contributed by atoms with Crippen LogP contribution in [0.3, 0.4) is 0 Å². The van der Waals surface area contributed by atoms with Crippen molar-refractivity contribution in [1.29, 1.82) is 0 Å². The van der Waals surface area contributed by atoms with Gasteiger partial charge in [-0.3, -0.25) is 4.79 Å². The average molecular weight is 386 g/mol. The molecule has 1 heterocycles. The van der Waals surface area contributed by atoms with Crippen molar-refractivity contribution in [1.82, 2.24) is 9.97 Å². The van der Waals surface area contributed by atoms with E-state index in [1.807, 2.05) is 12.1 Å². The van der Waals surface area contributed by atoms with Gasteiger partial charge in [0.15, 0.2) is 5.82 Å². The lowest BCUT2D eigenvalue weighted by Crippen LogP contribution is -2.15. The standard InChI is InChI=1S/C12H10Br2N4O/c1-15-8-5-3-2-4-7(8)12(19)18-11-10(14)17-9(13)6-16-11/h2-6,15H,1H3,(H,16,18,19). The summed E-state index contributed by atoms with van der Waals surface area (Å²) in [7, 11) is 1.77. The van der Waals surface area contributed by atoms with Crippen molar-refractivity contribution in [2.75, 3.05) is 17.7 Å². The van der Waals surface area contributed by atoms with E-state index in [1.54, 1.807) is 19.2 Å². The highest BCUT2D eigenvalue weighted by atomic mass is 79.9. The predicted molar refractivity (Wildman–Crippen MR) is 81.4 cm³/mol. The van der Waals surface area contributed by atoms with E-state index in [0.29, 0.717) is 20.6 Å². The third kappa shape index (κ3) is 3.30. The van der Waals surface area contributed by atoms with Gasteiger partial charge < -0.3 is 10.6 Å². The van der Waals surface area contributed by atoms with Gasteiger partial charge in [0, 0.05) is 12.7 Å². The molecule has 1 amide bonds. The van der Waals surface area contributed by atoms with Crippen molar-refractivity contribution in [2.24, 2.45) is 0 Å². The van der Waals surface area contributed by atoms with E-state index in [1.165, 1.54) is 6.20 Å². The van der Waals surface area contributed by atoms with Crippen LogP contribution in [0.5, 0.6) is 0 Å². The van der Waals surface area contributed by atoms with Crippen LogP contribution in [0.1, 0.15) is 10.4 Å². The molecule has 0 unspecified atom stereocenters. The van der Waals surface area contributed by atoms with Crippen LogP contribution in [-0.4, -0.2) is 22.9 Å². The summed E-state index contributed by atoms with van der Waals surface area (Å²) in [5.41, 5.74) is 1.29. The fraction of sp³-hybridized carbons (Fsp3) is 0.0833. The summed E-state index contributed by atoms with van der Waals surface area (Å²) >= 11 is 6.45. The molecular formula is C12H10Br2N4O. The van der Waals surface area contributed by atoms with Crippen LogP contribution >= 0.6 is 31.9 Å². The summed E-state index contributed by atoms with van der Waals surface area (Å²) in [6.45, 7) is 0. The van der Waals surface area contributed by atoms with Gasteiger partial charge in [0.25, 0.3) is 5.91 Å². The summed E-state index contributed by atoms with van der Waals surface area (Å²) in [4.78, 5) is 20.4. The molecule has 0 fully saturated rings. The van der Waals surface area contributed by atoms with Crippen LogP contribution < -0.4 is 10.6 Å². The SMILES string of the molecule is CNc1ccccc1C(=O)Nc1ncc(Br)nc1Br. The Bertz CT molecular complexity index is 618. The minimum absolute atomic E-state index is 0.248. The number of nitrogens with zero attached hydrogens (tertiary/aromatic N) is 2. The van der Waals surface area contributed by atoms with E-state index < -0.39 is 0 Å². The number of halogens is 2. The molecule has 0 saturated heterocycles. The Morgan fingerprint density at radius 2 is 2.00 bits per heavy atom.